The molecule has 3 aromatic carbocycles. The number of nitrogens with zero attached hydrogens (tertiary/aromatic N) is 1. The van der Waals surface area contributed by atoms with Crippen molar-refractivity contribution in [3.8, 4) is 0 Å². The Kier molecular flexibility index (Phi) is 5.75. The topological polar surface area (TPSA) is 17.0 Å². The van der Waals surface area contributed by atoms with E-state index in [2.05, 4.69) is 52.5 Å². The highest BCUT2D eigenvalue weighted by atomic mass is 35.5. The van der Waals surface area contributed by atoms with E-state index in [4.69, 9.17) is 11.6 Å². The molecule has 1 N–H and O–H groups in total. The van der Waals surface area contributed by atoms with Crippen LogP contribution in [0.25, 0.3) is 10.9 Å². The van der Waals surface area contributed by atoms with Crippen molar-refractivity contribution in [1.82, 2.24) is 9.88 Å². The molecule has 4 aromatic rings. The molecule has 0 saturated carbocycles. The Morgan fingerprint density at radius 1 is 0.893 bits per heavy atom. The largest absolute Gasteiger partial charge is 0.343 e. The van der Waals surface area contributed by atoms with Gasteiger partial charge in [-0.05, 0) is 42.3 Å². The zero-order valence-electron chi connectivity index (χ0n) is 15.5. The smallest absolute Gasteiger partial charge is 0.129 e. The maximum absolute atomic E-state index is 14.2. The summed E-state index contributed by atoms with van der Waals surface area (Å²) >= 11 is 6.23. The van der Waals surface area contributed by atoms with Crippen LogP contribution in [0.1, 0.15) is 16.7 Å². The van der Waals surface area contributed by atoms with Gasteiger partial charge < -0.3 is 9.88 Å². The number of para-hydroxylation sites is 1. The molecular weight excluding hydrogens is 371 g/mol. The van der Waals surface area contributed by atoms with Crippen molar-refractivity contribution in [1.29, 1.82) is 0 Å². The van der Waals surface area contributed by atoms with Crippen molar-refractivity contribution in [3.63, 3.8) is 0 Å². The molecule has 0 amide bonds. The standard InChI is InChI=1S/C24H22ClFN2/c25-22-10-6-11-23(26)21(22)17-28-16-19(20-9-4-5-12-24(20)28)15-27-14-13-18-7-2-1-3-8-18/h1-12,16,27H,13-15,17H2. The fourth-order valence-corrected chi connectivity index (χ4v) is 3.77. The highest BCUT2D eigenvalue weighted by Gasteiger charge is 2.12. The molecule has 0 aliphatic carbocycles. The van der Waals surface area contributed by atoms with Crippen molar-refractivity contribution in [3.05, 3.63) is 107 Å². The van der Waals surface area contributed by atoms with Gasteiger partial charge in [-0.15, -0.1) is 0 Å². The first-order valence-electron chi connectivity index (χ1n) is 9.46. The van der Waals surface area contributed by atoms with Crippen LogP contribution in [-0.4, -0.2) is 11.1 Å². The molecule has 142 valence electrons. The number of rotatable bonds is 7. The third-order valence-corrected chi connectivity index (χ3v) is 5.36. The van der Waals surface area contributed by atoms with Gasteiger partial charge in [0.2, 0.25) is 0 Å². The van der Waals surface area contributed by atoms with Gasteiger partial charge in [0.25, 0.3) is 0 Å². The van der Waals surface area contributed by atoms with Crippen molar-refractivity contribution in [2.75, 3.05) is 6.54 Å². The third kappa shape index (κ3) is 4.11. The Hall–Kier alpha value is -2.62. The SMILES string of the molecule is Fc1cccc(Cl)c1Cn1cc(CNCCc2ccccc2)c2ccccc21. The van der Waals surface area contributed by atoms with Gasteiger partial charge >= 0.3 is 0 Å². The van der Waals surface area contributed by atoms with E-state index in [1.807, 2.05) is 18.2 Å². The zero-order valence-corrected chi connectivity index (χ0v) is 16.3. The van der Waals surface area contributed by atoms with Crippen LogP contribution in [0.5, 0.6) is 0 Å². The first-order chi connectivity index (χ1) is 13.7. The summed E-state index contributed by atoms with van der Waals surface area (Å²) in [6, 6.07) is 23.5. The van der Waals surface area contributed by atoms with E-state index in [9.17, 15) is 4.39 Å². The molecule has 0 fully saturated rings. The summed E-state index contributed by atoms with van der Waals surface area (Å²) in [5, 5.41) is 5.17. The number of fused-ring (bicyclic) bond motifs is 1. The van der Waals surface area contributed by atoms with Crippen molar-refractivity contribution < 1.29 is 4.39 Å². The Bertz CT molecular complexity index is 1050. The molecule has 1 heterocycles. The molecule has 0 atom stereocenters. The maximum atomic E-state index is 14.2. The Morgan fingerprint density at radius 2 is 1.68 bits per heavy atom. The zero-order chi connectivity index (χ0) is 19.3. The number of benzene rings is 3. The van der Waals surface area contributed by atoms with Crippen LogP contribution in [0.4, 0.5) is 4.39 Å². The van der Waals surface area contributed by atoms with Crippen LogP contribution in [0.2, 0.25) is 5.02 Å². The average molecular weight is 393 g/mol. The first-order valence-corrected chi connectivity index (χ1v) is 9.84. The van der Waals surface area contributed by atoms with E-state index >= 15 is 0 Å². The molecule has 0 bridgehead atoms. The summed E-state index contributed by atoms with van der Waals surface area (Å²) in [4.78, 5) is 0. The minimum Gasteiger partial charge on any atom is -0.343 e. The molecule has 0 aliphatic rings. The number of hydrogen-bond acceptors (Lipinski definition) is 1. The lowest BCUT2D eigenvalue weighted by atomic mass is 10.1. The molecule has 0 spiro atoms. The van der Waals surface area contributed by atoms with Crippen LogP contribution in [0.15, 0.2) is 79.0 Å². The van der Waals surface area contributed by atoms with E-state index in [1.165, 1.54) is 22.6 Å². The second kappa shape index (κ2) is 8.59. The molecule has 28 heavy (non-hydrogen) atoms. The van der Waals surface area contributed by atoms with Gasteiger partial charge in [0.05, 0.1) is 6.54 Å². The predicted octanol–water partition coefficient (Wildman–Crippen LogP) is 5.81. The quantitative estimate of drug-likeness (QED) is 0.392. The van der Waals surface area contributed by atoms with E-state index in [-0.39, 0.29) is 5.82 Å². The van der Waals surface area contributed by atoms with Crippen molar-refractivity contribution in [2.24, 2.45) is 0 Å². The first kappa shape index (κ1) is 18.7. The Labute approximate surface area is 169 Å². The molecule has 0 aliphatic heterocycles. The molecule has 0 radical (unpaired) electrons. The fourth-order valence-electron chi connectivity index (χ4n) is 3.55. The van der Waals surface area contributed by atoms with Crippen LogP contribution in [-0.2, 0) is 19.5 Å². The minimum absolute atomic E-state index is 0.271. The normalized spacial score (nSPS) is 11.2. The summed E-state index contributed by atoms with van der Waals surface area (Å²) in [7, 11) is 0. The van der Waals surface area contributed by atoms with Gasteiger partial charge in [0.15, 0.2) is 0 Å². The maximum Gasteiger partial charge on any atom is 0.129 e. The fraction of sp³-hybridized carbons (Fsp3) is 0.167. The number of hydrogen-bond donors (Lipinski definition) is 1. The minimum atomic E-state index is -0.271. The molecule has 4 rings (SSSR count). The van der Waals surface area contributed by atoms with Crippen LogP contribution >= 0.6 is 11.6 Å². The monoisotopic (exact) mass is 392 g/mol. The Balaban J connectivity index is 1.51. The van der Waals surface area contributed by atoms with Gasteiger partial charge in [0, 0.05) is 34.2 Å². The summed E-state index contributed by atoms with van der Waals surface area (Å²) in [6.07, 6.45) is 3.09. The van der Waals surface area contributed by atoms with Crippen molar-refractivity contribution >= 4 is 22.5 Å². The van der Waals surface area contributed by atoms with Gasteiger partial charge in [-0.2, -0.15) is 0 Å². The lowest BCUT2D eigenvalue weighted by molar-refractivity contribution is 0.601. The average Bonchev–Trinajstić information content (AvgIpc) is 3.07. The van der Waals surface area contributed by atoms with Gasteiger partial charge in [-0.25, -0.2) is 4.39 Å². The molecule has 0 saturated heterocycles. The van der Waals surface area contributed by atoms with Crippen molar-refractivity contribution in [2.45, 2.75) is 19.5 Å². The molecule has 4 heteroatoms. The van der Waals surface area contributed by atoms with Crippen LogP contribution < -0.4 is 5.32 Å². The number of nitrogens with one attached hydrogen (secondary N) is 1. The van der Waals surface area contributed by atoms with Gasteiger partial charge in [-0.3, -0.25) is 0 Å². The second-order valence-electron chi connectivity index (χ2n) is 6.91. The molecule has 2 nitrogen and oxygen atoms in total. The number of halogens is 2. The van der Waals surface area contributed by atoms with Crippen LogP contribution in [0, 0.1) is 5.82 Å². The van der Waals surface area contributed by atoms with E-state index in [1.54, 1.807) is 12.1 Å². The summed E-state index contributed by atoms with van der Waals surface area (Å²) < 4.78 is 16.3. The highest BCUT2D eigenvalue weighted by Crippen LogP contribution is 2.25. The lowest BCUT2D eigenvalue weighted by Crippen LogP contribution is -2.16. The molecule has 0 unspecified atom stereocenters. The van der Waals surface area contributed by atoms with E-state index in [0.717, 1.165) is 25.0 Å². The Morgan fingerprint density at radius 3 is 2.50 bits per heavy atom. The summed E-state index contributed by atoms with van der Waals surface area (Å²) in [5.74, 6) is -0.271. The lowest BCUT2D eigenvalue weighted by Gasteiger charge is -2.08. The molecular formula is C24H22ClFN2. The van der Waals surface area contributed by atoms with Crippen LogP contribution in [0.3, 0.4) is 0 Å². The highest BCUT2D eigenvalue weighted by molar-refractivity contribution is 6.31. The van der Waals surface area contributed by atoms with E-state index in [0.29, 0.717) is 17.1 Å². The summed E-state index contributed by atoms with van der Waals surface area (Å²) in [6.45, 7) is 2.09. The van der Waals surface area contributed by atoms with Gasteiger partial charge in [0.1, 0.15) is 5.82 Å². The number of aromatic nitrogens is 1. The molecule has 1 aromatic heterocycles. The summed E-state index contributed by atoms with van der Waals surface area (Å²) in [5.41, 5.74) is 4.14. The predicted molar refractivity (Wildman–Crippen MR) is 114 cm³/mol. The van der Waals surface area contributed by atoms with Gasteiger partial charge in [-0.1, -0.05) is 66.2 Å². The third-order valence-electron chi connectivity index (χ3n) is 5.01. The van der Waals surface area contributed by atoms with E-state index < -0.39 is 0 Å². The second-order valence-corrected chi connectivity index (χ2v) is 7.32.